The van der Waals surface area contributed by atoms with Crippen LogP contribution < -0.4 is 0 Å². The monoisotopic (exact) mass is 385 g/mol. The molecule has 145 valence electrons. The van der Waals surface area contributed by atoms with Crippen LogP contribution in [0.25, 0.3) is 0 Å². The molecule has 0 saturated carbocycles. The van der Waals surface area contributed by atoms with Gasteiger partial charge in [-0.1, -0.05) is 25.1 Å². The average molecular weight is 385 g/mol. The van der Waals surface area contributed by atoms with Crippen LogP contribution in [0.5, 0.6) is 0 Å². The van der Waals surface area contributed by atoms with Gasteiger partial charge in [0.15, 0.2) is 0 Å². The Morgan fingerprint density at radius 1 is 1.36 bits per heavy atom. The molecule has 3 rings (SSSR count). The normalized spacial score (nSPS) is 14.3. The van der Waals surface area contributed by atoms with Gasteiger partial charge in [-0.05, 0) is 23.8 Å². The van der Waals surface area contributed by atoms with E-state index in [2.05, 4.69) is 16.1 Å². The first-order valence-corrected chi connectivity index (χ1v) is 8.50. The van der Waals surface area contributed by atoms with E-state index in [4.69, 9.17) is 10.1 Å². The third-order valence-electron chi connectivity index (χ3n) is 4.76. The second-order valence-corrected chi connectivity index (χ2v) is 6.43. The van der Waals surface area contributed by atoms with Crippen LogP contribution in [0.4, 0.5) is 8.78 Å². The lowest BCUT2D eigenvalue weighted by molar-refractivity contribution is -0.0112. The number of methoxy groups -OCH3 is 1. The molecule has 1 radical (unpaired) electrons. The van der Waals surface area contributed by atoms with E-state index in [1.807, 2.05) is 0 Å². The van der Waals surface area contributed by atoms with E-state index in [1.165, 1.54) is 30.5 Å². The zero-order valence-electron chi connectivity index (χ0n) is 15.4. The quantitative estimate of drug-likeness (QED) is 0.505. The highest BCUT2D eigenvalue weighted by Gasteiger charge is 2.40. The number of aliphatic hydroxyl groups is 1. The van der Waals surface area contributed by atoms with Crippen molar-refractivity contribution in [2.45, 2.75) is 25.0 Å². The fourth-order valence-electron chi connectivity index (χ4n) is 3.13. The zero-order valence-corrected chi connectivity index (χ0v) is 15.4. The highest BCUT2D eigenvalue weighted by Crippen LogP contribution is 2.39. The molecule has 2 unspecified atom stereocenters. The summed E-state index contributed by atoms with van der Waals surface area (Å²) in [7, 11) is 1.38. The van der Waals surface area contributed by atoms with Gasteiger partial charge >= 0.3 is 0 Å². The number of hydrogen-bond donors (Lipinski definition) is 2. The first-order valence-electron chi connectivity index (χ1n) is 8.50. The number of hydrogen-bond acceptors (Lipinski definition) is 5. The number of nitrogens with one attached hydrogen (secondary N) is 1. The van der Waals surface area contributed by atoms with Crippen molar-refractivity contribution in [3.63, 3.8) is 0 Å². The van der Waals surface area contributed by atoms with Crippen LogP contribution in [0.3, 0.4) is 0 Å². The van der Waals surface area contributed by atoms with Crippen molar-refractivity contribution in [1.82, 2.24) is 14.8 Å². The molecule has 0 saturated heterocycles. The Morgan fingerprint density at radius 3 is 2.79 bits per heavy atom. The molecule has 2 atom stereocenters. The van der Waals surface area contributed by atoms with Crippen LogP contribution in [0.1, 0.15) is 29.5 Å². The van der Waals surface area contributed by atoms with Gasteiger partial charge < -0.3 is 9.84 Å². The Balaban J connectivity index is 2.09. The summed E-state index contributed by atoms with van der Waals surface area (Å²) in [5, 5.41) is 23.4. The number of ether oxygens (including phenoxy) is 1. The number of rotatable bonds is 6. The summed E-state index contributed by atoms with van der Waals surface area (Å²) in [5.41, 5.74) is -0.802. The molecule has 0 amide bonds. The lowest BCUT2D eigenvalue weighted by atomic mass is 9.77. The van der Waals surface area contributed by atoms with Crippen molar-refractivity contribution < 1.29 is 18.6 Å². The highest BCUT2D eigenvalue weighted by molar-refractivity contribution is 5.91. The molecule has 0 aliphatic heterocycles. The molecular formula is C20H19F2N4O2. The van der Waals surface area contributed by atoms with E-state index in [0.717, 1.165) is 12.1 Å². The first-order chi connectivity index (χ1) is 13.3. The average Bonchev–Trinajstić information content (AvgIpc) is 3.19. The van der Waals surface area contributed by atoms with E-state index in [9.17, 15) is 13.9 Å². The molecule has 1 aromatic heterocycles. The van der Waals surface area contributed by atoms with Crippen LogP contribution in [0.2, 0.25) is 0 Å². The Hall–Kier alpha value is -3.13. The van der Waals surface area contributed by atoms with Crippen molar-refractivity contribution in [1.29, 1.82) is 5.41 Å². The van der Waals surface area contributed by atoms with Gasteiger partial charge in [0.1, 0.15) is 29.9 Å². The van der Waals surface area contributed by atoms with E-state index in [1.54, 1.807) is 25.1 Å². The Bertz CT molecular complexity index is 978. The molecule has 28 heavy (non-hydrogen) atoms. The standard InChI is InChI=1S/C20H19F2N4O2/c1-13(14-4-3-5-15(8-14)19(23)28-2)20(27,10-26-12-24-11-25-26)17-7-6-16(21)9-18(17)22/h3-4,6-9,11-13,23,27H,10H2,1-2H3. The summed E-state index contributed by atoms with van der Waals surface area (Å²) in [6.07, 6.45) is 2.71. The molecule has 2 aromatic carbocycles. The minimum absolute atomic E-state index is 0.0619. The molecule has 2 N–H and O–H groups in total. The summed E-state index contributed by atoms with van der Waals surface area (Å²) in [4.78, 5) is 3.85. The molecule has 0 bridgehead atoms. The fraction of sp³-hybridized carbons (Fsp3) is 0.250. The summed E-state index contributed by atoms with van der Waals surface area (Å²) < 4.78 is 34.3. The highest BCUT2D eigenvalue weighted by atomic mass is 19.1. The molecule has 0 aliphatic rings. The predicted molar refractivity (Wildman–Crippen MR) is 97.8 cm³/mol. The fourth-order valence-corrected chi connectivity index (χ4v) is 3.13. The predicted octanol–water partition coefficient (Wildman–Crippen LogP) is 3.02. The summed E-state index contributed by atoms with van der Waals surface area (Å²) >= 11 is 0. The number of aromatic nitrogens is 3. The van der Waals surface area contributed by atoms with Crippen molar-refractivity contribution in [2.24, 2.45) is 0 Å². The van der Waals surface area contributed by atoms with E-state index in [-0.39, 0.29) is 18.0 Å². The minimum Gasteiger partial charge on any atom is -0.481 e. The van der Waals surface area contributed by atoms with Gasteiger partial charge in [0.05, 0.1) is 13.7 Å². The SMILES string of the molecule is COC(=N)c1[c]ccc(C(C)C(O)(Cn2cncn2)c2ccc(F)cc2F)c1. The smallest absolute Gasteiger partial charge is 0.213 e. The van der Waals surface area contributed by atoms with Gasteiger partial charge in [0.25, 0.3) is 0 Å². The molecule has 0 spiro atoms. The van der Waals surface area contributed by atoms with Gasteiger partial charge in [-0.3, -0.25) is 5.41 Å². The summed E-state index contributed by atoms with van der Waals surface area (Å²) in [6, 6.07) is 10.9. The van der Waals surface area contributed by atoms with Gasteiger partial charge in [0, 0.05) is 23.1 Å². The topological polar surface area (TPSA) is 84.0 Å². The molecule has 1 heterocycles. The van der Waals surface area contributed by atoms with Crippen molar-refractivity contribution in [3.05, 3.63) is 83.4 Å². The third-order valence-corrected chi connectivity index (χ3v) is 4.76. The maximum absolute atomic E-state index is 14.6. The molecule has 6 nitrogen and oxygen atoms in total. The second-order valence-electron chi connectivity index (χ2n) is 6.43. The van der Waals surface area contributed by atoms with E-state index >= 15 is 0 Å². The van der Waals surface area contributed by atoms with Crippen molar-refractivity contribution >= 4 is 5.90 Å². The third kappa shape index (κ3) is 3.77. The summed E-state index contributed by atoms with van der Waals surface area (Å²) in [6.45, 7) is 1.61. The summed E-state index contributed by atoms with van der Waals surface area (Å²) in [5.74, 6) is -2.32. The number of benzene rings is 2. The molecular weight excluding hydrogens is 366 g/mol. The van der Waals surface area contributed by atoms with Gasteiger partial charge in [-0.25, -0.2) is 18.4 Å². The largest absolute Gasteiger partial charge is 0.481 e. The van der Waals surface area contributed by atoms with Crippen LogP contribution in [-0.2, 0) is 16.9 Å². The Morgan fingerprint density at radius 2 is 2.14 bits per heavy atom. The van der Waals surface area contributed by atoms with Gasteiger partial charge in [0.2, 0.25) is 5.90 Å². The molecule has 3 aromatic rings. The van der Waals surface area contributed by atoms with Gasteiger partial charge in [-0.15, -0.1) is 0 Å². The van der Waals surface area contributed by atoms with Crippen LogP contribution in [0, 0.1) is 23.1 Å². The lowest BCUT2D eigenvalue weighted by Gasteiger charge is -2.35. The van der Waals surface area contributed by atoms with E-state index in [0.29, 0.717) is 11.1 Å². The lowest BCUT2D eigenvalue weighted by Crippen LogP contribution is -2.38. The second kappa shape index (κ2) is 7.85. The van der Waals surface area contributed by atoms with Crippen molar-refractivity contribution in [2.75, 3.05) is 7.11 Å². The number of halogens is 2. The van der Waals surface area contributed by atoms with Crippen LogP contribution in [0.15, 0.2) is 49.1 Å². The van der Waals surface area contributed by atoms with Crippen LogP contribution >= 0.6 is 0 Å². The first kappa shape index (κ1) is 19.6. The Labute approximate surface area is 160 Å². The van der Waals surface area contributed by atoms with Gasteiger partial charge in [-0.2, -0.15) is 5.10 Å². The minimum atomic E-state index is -1.76. The zero-order chi connectivity index (χ0) is 20.3. The Kier molecular flexibility index (Phi) is 5.51. The molecule has 0 aliphatic carbocycles. The maximum atomic E-state index is 14.6. The van der Waals surface area contributed by atoms with E-state index < -0.39 is 23.2 Å². The van der Waals surface area contributed by atoms with Crippen LogP contribution in [-0.4, -0.2) is 32.9 Å². The maximum Gasteiger partial charge on any atom is 0.213 e. The molecule has 8 heteroatoms. The van der Waals surface area contributed by atoms with Crippen molar-refractivity contribution in [3.8, 4) is 0 Å². The number of nitrogens with zero attached hydrogens (tertiary/aromatic N) is 3. The molecule has 0 fully saturated rings.